The third-order valence-electron chi connectivity index (χ3n) is 3.65. The van der Waals surface area contributed by atoms with Gasteiger partial charge in [0.2, 0.25) is 5.69 Å². The summed E-state index contributed by atoms with van der Waals surface area (Å²) in [5.74, 6) is -0.426. The highest BCUT2D eigenvalue weighted by atomic mass is 35.5. The Morgan fingerprint density at radius 1 is 1.27 bits per heavy atom. The molecule has 0 amide bonds. The fourth-order valence-corrected chi connectivity index (χ4v) is 2.96. The lowest BCUT2D eigenvalue weighted by Gasteiger charge is -2.28. The van der Waals surface area contributed by atoms with E-state index in [2.05, 4.69) is 4.98 Å². The zero-order valence-corrected chi connectivity index (χ0v) is 12.0. The van der Waals surface area contributed by atoms with E-state index in [0.717, 1.165) is 0 Å². The summed E-state index contributed by atoms with van der Waals surface area (Å²) in [6.07, 6.45) is -0.180. The van der Waals surface area contributed by atoms with Gasteiger partial charge in [-0.15, -0.1) is 0 Å². The van der Waals surface area contributed by atoms with Gasteiger partial charge in [0, 0.05) is 5.56 Å². The molecule has 1 aliphatic carbocycles. The molecule has 0 fully saturated rings. The Hall–Kier alpha value is -2.78. The van der Waals surface area contributed by atoms with Crippen LogP contribution in [0.25, 0.3) is 0 Å². The van der Waals surface area contributed by atoms with Crippen LogP contribution >= 0.6 is 11.6 Å². The maximum Gasteiger partial charge on any atom is 0.501 e. The van der Waals surface area contributed by atoms with Crippen LogP contribution in [-0.2, 0) is 12.1 Å². The van der Waals surface area contributed by atoms with Gasteiger partial charge in [-0.2, -0.15) is 10.5 Å². The van der Waals surface area contributed by atoms with E-state index < -0.39 is 32.3 Å². The fourth-order valence-electron chi connectivity index (χ4n) is 2.74. The first-order valence-corrected chi connectivity index (χ1v) is 6.49. The highest BCUT2D eigenvalue weighted by molar-refractivity contribution is 6.30. The molecule has 0 spiro atoms. The molecule has 10 heteroatoms. The molecule has 0 saturated heterocycles. The van der Waals surface area contributed by atoms with E-state index in [0.29, 0.717) is 0 Å². The van der Waals surface area contributed by atoms with Crippen LogP contribution in [0.2, 0.25) is 5.15 Å². The predicted octanol–water partition coefficient (Wildman–Crippen LogP) is 1.77. The third-order valence-corrected chi connectivity index (χ3v) is 3.92. The van der Waals surface area contributed by atoms with E-state index in [1.165, 1.54) is 0 Å². The molecule has 0 radical (unpaired) electrons. The quantitative estimate of drug-likeness (QED) is 0.349. The predicted molar refractivity (Wildman–Crippen MR) is 71.8 cm³/mol. The summed E-state index contributed by atoms with van der Waals surface area (Å²) in [4.78, 5) is 24.5. The molecule has 0 bridgehead atoms. The average Bonchev–Trinajstić information content (AvgIpc) is 2.44. The molecule has 0 aliphatic heterocycles. The van der Waals surface area contributed by atoms with Crippen molar-refractivity contribution in [1.29, 1.82) is 10.5 Å². The molecule has 1 aromatic rings. The summed E-state index contributed by atoms with van der Waals surface area (Å²) in [6, 6.07) is 3.47. The second-order valence-electron chi connectivity index (χ2n) is 5.05. The van der Waals surface area contributed by atoms with Crippen molar-refractivity contribution >= 4 is 11.6 Å². The van der Waals surface area contributed by atoms with Crippen LogP contribution < -0.4 is 0 Å². The first-order valence-electron chi connectivity index (χ1n) is 6.11. The summed E-state index contributed by atoms with van der Waals surface area (Å²) < 4.78 is 0. The highest BCUT2D eigenvalue weighted by Gasteiger charge is 2.64. The maximum atomic E-state index is 11.4. The molecule has 1 atom stereocenters. The topological polar surface area (TPSA) is 147 Å². The Balaban J connectivity index is 2.95. The summed E-state index contributed by atoms with van der Waals surface area (Å²) in [6.45, 7) is 1.60. The van der Waals surface area contributed by atoms with Crippen molar-refractivity contribution in [2.75, 3.05) is 0 Å². The van der Waals surface area contributed by atoms with Crippen LogP contribution in [0.4, 0.5) is 0 Å². The van der Waals surface area contributed by atoms with Crippen molar-refractivity contribution < 1.29 is 9.85 Å². The van der Waals surface area contributed by atoms with Gasteiger partial charge in [0.1, 0.15) is 32.7 Å². The fraction of sp³-hybridized carbons (Fsp3) is 0.417. The number of halogens is 1. The molecule has 112 valence electrons. The molecule has 0 saturated carbocycles. The minimum Gasteiger partial charge on any atom is -0.258 e. The first-order chi connectivity index (χ1) is 10.3. The van der Waals surface area contributed by atoms with Crippen LogP contribution in [0, 0.1) is 48.8 Å². The van der Waals surface area contributed by atoms with Gasteiger partial charge in [-0.25, -0.2) is 4.98 Å². The molecule has 9 nitrogen and oxygen atoms in total. The van der Waals surface area contributed by atoms with Gasteiger partial charge >= 0.3 is 5.66 Å². The molecular weight excluding hydrogens is 314 g/mol. The molecule has 2 rings (SSSR count). The van der Waals surface area contributed by atoms with E-state index in [9.17, 15) is 25.5 Å². The molecule has 0 N–H and O–H groups in total. The molecule has 22 heavy (non-hydrogen) atoms. The summed E-state index contributed by atoms with van der Waals surface area (Å²) in [5, 5.41) is 40.7. The first kappa shape index (κ1) is 15.6. The largest absolute Gasteiger partial charge is 0.501 e. The van der Waals surface area contributed by atoms with Gasteiger partial charge in [-0.05, 0) is 12.3 Å². The summed E-state index contributed by atoms with van der Waals surface area (Å²) in [7, 11) is 0. The van der Waals surface area contributed by atoms with Gasteiger partial charge in [-0.3, -0.25) is 20.2 Å². The number of nitrogens with zero attached hydrogens (tertiary/aromatic N) is 5. The molecular formula is C12H8ClN5O4. The van der Waals surface area contributed by atoms with Crippen molar-refractivity contribution in [2.45, 2.75) is 25.4 Å². The van der Waals surface area contributed by atoms with Crippen LogP contribution in [0.3, 0.4) is 0 Å². The minimum absolute atomic E-state index is 0.0515. The molecule has 0 unspecified atom stereocenters. The van der Waals surface area contributed by atoms with E-state index in [1.54, 1.807) is 19.1 Å². The smallest absolute Gasteiger partial charge is 0.258 e. The van der Waals surface area contributed by atoms with E-state index >= 15 is 0 Å². The Labute approximate surface area is 129 Å². The number of hydrogen-bond donors (Lipinski definition) is 0. The van der Waals surface area contributed by atoms with Gasteiger partial charge < -0.3 is 0 Å². The van der Waals surface area contributed by atoms with E-state index in [-0.39, 0.29) is 29.5 Å². The molecule has 0 aromatic carbocycles. The number of nitriles is 2. The van der Waals surface area contributed by atoms with Crippen molar-refractivity contribution in [3.63, 3.8) is 0 Å². The van der Waals surface area contributed by atoms with Crippen molar-refractivity contribution in [2.24, 2.45) is 5.92 Å². The standard InChI is InChI=1S/C12H8ClN5O4/c1-6-2-7-8(4-14)9(5-15)11(13)16-10(7)12(3-6,17(19)20)18(21)22/h6H,2-3H2,1H3/t6-/m1/s1. The highest BCUT2D eigenvalue weighted by Crippen LogP contribution is 2.42. The maximum absolute atomic E-state index is 11.4. The zero-order valence-electron chi connectivity index (χ0n) is 11.2. The number of pyridine rings is 1. The van der Waals surface area contributed by atoms with Crippen molar-refractivity contribution in [3.05, 3.63) is 47.8 Å². The van der Waals surface area contributed by atoms with Gasteiger partial charge in [-0.1, -0.05) is 18.5 Å². The second-order valence-corrected chi connectivity index (χ2v) is 5.41. The Bertz CT molecular complexity index is 765. The van der Waals surface area contributed by atoms with Crippen LogP contribution in [0.5, 0.6) is 0 Å². The molecule has 1 aromatic heterocycles. The van der Waals surface area contributed by atoms with Gasteiger partial charge in [0.15, 0.2) is 0 Å². The zero-order chi connectivity index (χ0) is 16.7. The second kappa shape index (κ2) is 5.20. The number of fused-ring (bicyclic) bond motifs is 1. The third kappa shape index (κ3) is 1.95. The Morgan fingerprint density at radius 3 is 2.27 bits per heavy atom. The number of hydrogen-bond acceptors (Lipinski definition) is 7. The number of rotatable bonds is 2. The minimum atomic E-state index is -2.66. The van der Waals surface area contributed by atoms with Gasteiger partial charge in [0.25, 0.3) is 0 Å². The Kier molecular flexibility index (Phi) is 3.69. The monoisotopic (exact) mass is 321 g/mol. The number of nitro groups is 2. The van der Waals surface area contributed by atoms with E-state index in [1.807, 2.05) is 0 Å². The van der Waals surface area contributed by atoms with Crippen LogP contribution in [0.1, 0.15) is 35.7 Å². The lowest BCUT2D eigenvalue weighted by Crippen LogP contribution is -2.49. The normalized spacial score (nSPS) is 18.6. The summed E-state index contributed by atoms with van der Waals surface area (Å²) >= 11 is 5.79. The van der Waals surface area contributed by atoms with Crippen molar-refractivity contribution in [3.8, 4) is 12.1 Å². The van der Waals surface area contributed by atoms with Crippen molar-refractivity contribution in [1.82, 2.24) is 4.98 Å². The number of aromatic nitrogens is 1. The van der Waals surface area contributed by atoms with Crippen LogP contribution in [-0.4, -0.2) is 14.8 Å². The molecule has 1 aliphatic rings. The van der Waals surface area contributed by atoms with E-state index in [4.69, 9.17) is 16.9 Å². The average molecular weight is 322 g/mol. The Morgan fingerprint density at radius 2 is 1.82 bits per heavy atom. The van der Waals surface area contributed by atoms with Crippen LogP contribution in [0.15, 0.2) is 0 Å². The summed E-state index contributed by atoms with van der Waals surface area (Å²) in [5.41, 5.74) is -3.47. The molecule has 1 heterocycles. The SMILES string of the molecule is C[C@@H]1Cc2c(nc(Cl)c(C#N)c2C#N)C([N+](=O)[O-])([N+](=O)[O-])C1. The lowest BCUT2D eigenvalue weighted by atomic mass is 9.78. The lowest BCUT2D eigenvalue weighted by molar-refractivity contribution is -0.814. The van der Waals surface area contributed by atoms with Gasteiger partial charge in [0.05, 0.1) is 12.0 Å².